The maximum absolute atomic E-state index is 13.7. The summed E-state index contributed by atoms with van der Waals surface area (Å²) < 4.78 is 76.6. The number of benzene rings is 2. The average Bonchev–Trinajstić information content (AvgIpc) is 3.55. The monoisotopic (exact) mass is 505 g/mol. The summed E-state index contributed by atoms with van der Waals surface area (Å²) >= 11 is 0. The number of pyridine rings is 1. The predicted octanol–water partition coefficient (Wildman–Crippen LogP) is 5.63. The number of nitrogens with zero attached hydrogens (tertiary/aromatic N) is 1. The van der Waals surface area contributed by atoms with Gasteiger partial charge in [-0.1, -0.05) is 18.2 Å². The number of fused-ring (bicyclic) bond motifs is 1. The number of hydrogen-bond donors (Lipinski definition) is 1. The molecule has 2 aromatic carbocycles. The zero-order valence-electron chi connectivity index (χ0n) is 18.2. The van der Waals surface area contributed by atoms with Crippen molar-refractivity contribution in [3.05, 3.63) is 77.0 Å². The van der Waals surface area contributed by atoms with Gasteiger partial charge in [0.2, 0.25) is 0 Å². The summed E-state index contributed by atoms with van der Waals surface area (Å²) in [7, 11) is 0. The summed E-state index contributed by atoms with van der Waals surface area (Å²) in [5, 5.41) is 9.21. The zero-order chi connectivity index (χ0) is 25.9. The van der Waals surface area contributed by atoms with Crippen LogP contribution < -0.4 is 9.47 Å². The van der Waals surface area contributed by atoms with Crippen LogP contribution in [0.15, 0.2) is 54.6 Å². The summed E-state index contributed by atoms with van der Waals surface area (Å²) in [5.41, 5.74) is -2.34. The molecule has 36 heavy (non-hydrogen) atoms. The van der Waals surface area contributed by atoms with Gasteiger partial charge in [0.15, 0.2) is 11.5 Å². The van der Waals surface area contributed by atoms with Gasteiger partial charge in [-0.05, 0) is 54.8 Å². The molecule has 1 aliphatic heterocycles. The fourth-order valence-corrected chi connectivity index (χ4v) is 4.28. The van der Waals surface area contributed by atoms with Crippen LogP contribution in [0.2, 0.25) is 0 Å². The molecule has 1 fully saturated rings. The van der Waals surface area contributed by atoms with Crippen molar-refractivity contribution in [3.63, 3.8) is 0 Å². The Morgan fingerprint density at radius 2 is 1.69 bits per heavy atom. The van der Waals surface area contributed by atoms with E-state index >= 15 is 0 Å². The lowest BCUT2D eigenvalue weighted by Gasteiger charge is -2.17. The van der Waals surface area contributed by atoms with Crippen LogP contribution in [-0.2, 0) is 22.8 Å². The third-order valence-electron chi connectivity index (χ3n) is 6.22. The highest BCUT2D eigenvalue weighted by molar-refractivity contribution is 5.94. The molecule has 0 bridgehead atoms. The molecular weight excluding hydrogens is 489 g/mol. The number of rotatable bonds is 6. The van der Waals surface area contributed by atoms with E-state index in [1.54, 1.807) is 0 Å². The SMILES string of the molecule is O=C(O)c1cccc(-c2nc(CC(=O)C3(c4ccc5c(c4)OC(F)(F)O5)CC3)ccc2C(F)(F)F)c1. The molecular formula is C25H16F5NO5. The lowest BCUT2D eigenvalue weighted by atomic mass is 9.88. The minimum atomic E-state index is -4.77. The van der Waals surface area contributed by atoms with Gasteiger partial charge in [-0.15, -0.1) is 8.78 Å². The summed E-state index contributed by atoms with van der Waals surface area (Å²) in [5.74, 6) is -2.02. The van der Waals surface area contributed by atoms with Crippen LogP contribution in [0.5, 0.6) is 11.5 Å². The van der Waals surface area contributed by atoms with E-state index < -0.39 is 35.1 Å². The lowest BCUT2D eigenvalue weighted by molar-refractivity contribution is -0.286. The van der Waals surface area contributed by atoms with E-state index in [4.69, 9.17) is 0 Å². The molecule has 0 radical (unpaired) electrons. The molecule has 0 spiro atoms. The van der Waals surface area contributed by atoms with E-state index in [1.165, 1.54) is 36.4 Å². The molecule has 11 heteroatoms. The molecule has 6 nitrogen and oxygen atoms in total. The van der Waals surface area contributed by atoms with Gasteiger partial charge in [0.05, 0.1) is 22.2 Å². The standard InChI is InChI=1S/C25H16F5NO5/c26-24(27,28)17-6-5-16(31-21(17)13-2-1-3-14(10-13)22(33)34)12-20(32)23(8-9-23)15-4-7-18-19(11-15)36-25(29,30)35-18/h1-7,10-11H,8-9,12H2,(H,33,34). The van der Waals surface area contributed by atoms with E-state index in [0.717, 1.165) is 18.2 Å². The van der Waals surface area contributed by atoms with Gasteiger partial charge in [-0.3, -0.25) is 9.78 Å². The number of aromatic carboxylic acids is 1. The number of hydrogen-bond acceptors (Lipinski definition) is 5. The highest BCUT2D eigenvalue weighted by atomic mass is 19.4. The van der Waals surface area contributed by atoms with Gasteiger partial charge in [-0.25, -0.2) is 4.79 Å². The van der Waals surface area contributed by atoms with Crippen molar-refractivity contribution in [1.82, 2.24) is 4.98 Å². The minimum absolute atomic E-state index is 0.0577. The van der Waals surface area contributed by atoms with Crippen molar-refractivity contribution in [3.8, 4) is 22.8 Å². The van der Waals surface area contributed by atoms with Crippen molar-refractivity contribution < 1.29 is 46.1 Å². The highest BCUT2D eigenvalue weighted by Crippen LogP contribution is 2.52. The average molecular weight is 505 g/mol. The van der Waals surface area contributed by atoms with Crippen LogP contribution in [0.3, 0.4) is 0 Å². The Kier molecular flexibility index (Phi) is 5.27. The second-order valence-corrected chi connectivity index (χ2v) is 8.59. The number of ether oxygens (including phenoxy) is 2. The zero-order valence-corrected chi connectivity index (χ0v) is 18.2. The van der Waals surface area contributed by atoms with Gasteiger partial charge in [-0.2, -0.15) is 13.2 Å². The van der Waals surface area contributed by atoms with Crippen LogP contribution in [0.25, 0.3) is 11.3 Å². The van der Waals surface area contributed by atoms with E-state index in [0.29, 0.717) is 18.4 Å². The number of ketones is 1. The topological polar surface area (TPSA) is 85.7 Å². The molecule has 0 amide bonds. The molecule has 1 aliphatic carbocycles. The number of halogens is 5. The number of carbonyl (C=O) groups excluding carboxylic acids is 1. The Bertz CT molecular complexity index is 1400. The second kappa shape index (κ2) is 8.00. The van der Waals surface area contributed by atoms with Gasteiger partial charge in [0, 0.05) is 17.7 Å². The first-order chi connectivity index (χ1) is 16.9. The van der Waals surface area contributed by atoms with Crippen molar-refractivity contribution >= 4 is 11.8 Å². The molecule has 186 valence electrons. The fraction of sp³-hybridized carbons (Fsp3) is 0.240. The summed E-state index contributed by atoms with van der Waals surface area (Å²) in [6.07, 6.45) is -8.03. The Morgan fingerprint density at radius 1 is 0.972 bits per heavy atom. The highest BCUT2D eigenvalue weighted by Gasteiger charge is 2.52. The maximum Gasteiger partial charge on any atom is 0.586 e. The number of Topliss-reactive ketones (excluding diaryl/α,β-unsaturated/α-hetero) is 1. The first-order valence-corrected chi connectivity index (χ1v) is 10.7. The van der Waals surface area contributed by atoms with E-state index in [1.807, 2.05) is 0 Å². The van der Waals surface area contributed by atoms with Gasteiger partial charge in [0.25, 0.3) is 0 Å². The molecule has 0 atom stereocenters. The Labute approximate surface area is 200 Å². The lowest BCUT2D eigenvalue weighted by Crippen LogP contribution is -2.26. The van der Waals surface area contributed by atoms with Crippen LogP contribution in [0, 0.1) is 0 Å². The Balaban J connectivity index is 1.46. The van der Waals surface area contributed by atoms with Gasteiger partial charge >= 0.3 is 18.4 Å². The predicted molar refractivity (Wildman–Crippen MR) is 114 cm³/mol. The molecule has 0 unspecified atom stereocenters. The molecule has 2 heterocycles. The van der Waals surface area contributed by atoms with Crippen molar-refractivity contribution in [2.75, 3.05) is 0 Å². The normalized spacial score (nSPS) is 17.0. The first kappa shape index (κ1) is 23.7. The van der Waals surface area contributed by atoms with Crippen molar-refractivity contribution in [1.29, 1.82) is 0 Å². The fourth-order valence-electron chi connectivity index (χ4n) is 4.28. The summed E-state index contributed by atoms with van der Waals surface area (Å²) in [6.45, 7) is 0. The number of carboxylic acids is 1. The third-order valence-corrected chi connectivity index (χ3v) is 6.22. The quantitative estimate of drug-likeness (QED) is 0.437. The minimum Gasteiger partial charge on any atom is -0.478 e. The molecule has 1 saturated carbocycles. The van der Waals surface area contributed by atoms with E-state index in [-0.39, 0.29) is 40.5 Å². The number of aromatic nitrogens is 1. The summed E-state index contributed by atoms with van der Waals surface area (Å²) in [6, 6.07) is 10.9. The second-order valence-electron chi connectivity index (χ2n) is 8.59. The molecule has 3 aromatic rings. The largest absolute Gasteiger partial charge is 0.586 e. The van der Waals surface area contributed by atoms with Crippen molar-refractivity contribution in [2.24, 2.45) is 0 Å². The van der Waals surface area contributed by atoms with Crippen LogP contribution >= 0.6 is 0 Å². The molecule has 0 saturated heterocycles. The van der Waals surface area contributed by atoms with Crippen molar-refractivity contribution in [2.45, 2.75) is 37.1 Å². The Hall–Kier alpha value is -4.02. The number of alkyl halides is 5. The summed E-state index contributed by atoms with van der Waals surface area (Å²) in [4.78, 5) is 28.6. The molecule has 1 N–H and O–H groups in total. The van der Waals surface area contributed by atoms with Gasteiger partial charge in [0.1, 0.15) is 5.78 Å². The van der Waals surface area contributed by atoms with E-state index in [2.05, 4.69) is 14.5 Å². The van der Waals surface area contributed by atoms with E-state index in [9.17, 15) is 36.6 Å². The smallest absolute Gasteiger partial charge is 0.478 e. The molecule has 2 aliphatic rings. The van der Waals surface area contributed by atoms with Crippen LogP contribution in [-0.4, -0.2) is 28.1 Å². The van der Waals surface area contributed by atoms with Crippen LogP contribution in [0.4, 0.5) is 22.0 Å². The molecule has 5 rings (SSSR count). The third kappa shape index (κ3) is 4.25. The first-order valence-electron chi connectivity index (χ1n) is 10.7. The number of carbonyl (C=O) groups is 2. The molecule has 1 aromatic heterocycles. The van der Waals surface area contributed by atoms with Crippen LogP contribution in [0.1, 0.15) is 40.0 Å². The maximum atomic E-state index is 13.7. The Morgan fingerprint density at radius 3 is 2.36 bits per heavy atom. The number of carboxylic acid groups (broad SMARTS) is 1. The van der Waals surface area contributed by atoms with Gasteiger partial charge < -0.3 is 14.6 Å².